The number of esters is 1. The zero-order valence-electron chi connectivity index (χ0n) is 18.1. The average Bonchev–Trinajstić information content (AvgIpc) is 2.74. The van der Waals surface area contributed by atoms with Crippen LogP contribution in [-0.2, 0) is 9.53 Å². The molecule has 0 aromatic heterocycles. The number of benzene rings is 2. The molecule has 1 aliphatic rings. The maximum Gasteiger partial charge on any atom is 0.338 e. The van der Waals surface area contributed by atoms with Crippen molar-refractivity contribution in [1.82, 2.24) is 10.2 Å². The first kappa shape index (κ1) is 23.1. The summed E-state index contributed by atoms with van der Waals surface area (Å²) < 4.78 is 5.22. The van der Waals surface area contributed by atoms with Crippen LogP contribution >= 0.6 is 11.6 Å². The van der Waals surface area contributed by atoms with Crippen LogP contribution in [0, 0.1) is 0 Å². The Morgan fingerprint density at radius 3 is 2.41 bits per heavy atom. The number of halogens is 1. The second-order valence-electron chi connectivity index (χ2n) is 7.06. The molecule has 0 spiro atoms. The molecule has 1 atom stereocenters. The summed E-state index contributed by atoms with van der Waals surface area (Å²) in [7, 11) is 0. The van der Waals surface area contributed by atoms with E-state index in [0.717, 1.165) is 0 Å². The predicted molar refractivity (Wildman–Crippen MR) is 124 cm³/mol. The SMILES string of the molecule is CCOC(=O)C1=C(C)N(CC)C(=O)NC1c1ccc(NC(=O)Nc2cccc(Cl)c2)cc1. The number of rotatable bonds is 6. The van der Waals surface area contributed by atoms with Gasteiger partial charge in [-0.25, -0.2) is 14.4 Å². The van der Waals surface area contributed by atoms with Crippen LogP contribution in [0.1, 0.15) is 32.4 Å². The smallest absolute Gasteiger partial charge is 0.338 e. The normalized spacial score (nSPS) is 15.8. The monoisotopic (exact) mass is 456 g/mol. The van der Waals surface area contributed by atoms with Crippen LogP contribution < -0.4 is 16.0 Å². The third kappa shape index (κ3) is 5.20. The largest absolute Gasteiger partial charge is 0.463 e. The van der Waals surface area contributed by atoms with Crippen LogP contribution in [0.25, 0.3) is 0 Å². The van der Waals surface area contributed by atoms with E-state index in [9.17, 15) is 14.4 Å². The van der Waals surface area contributed by atoms with Crippen LogP contribution in [0.2, 0.25) is 5.02 Å². The number of carbonyl (C=O) groups is 3. The van der Waals surface area contributed by atoms with E-state index in [4.69, 9.17) is 16.3 Å². The summed E-state index contributed by atoms with van der Waals surface area (Å²) in [6.07, 6.45) is 0. The first-order chi connectivity index (χ1) is 15.3. The van der Waals surface area contributed by atoms with E-state index in [2.05, 4.69) is 16.0 Å². The van der Waals surface area contributed by atoms with E-state index in [1.165, 1.54) is 4.90 Å². The quantitative estimate of drug-likeness (QED) is 0.538. The van der Waals surface area contributed by atoms with Crippen LogP contribution in [0.15, 0.2) is 59.8 Å². The minimum Gasteiger partial charge on any atom is -0.463 e. The molecule has 0 radical (unpaired) electrons. The molecule has 1 aliphatic heterocycles. The lowest BCUT2D eigenvalue weighted by Gasteiger charge is -2.34. The Morgan fingerprint density at radius 1 is 1.09 bits per heavy atom. The molecule has 9 heteroatoms. The van der Waals surface area contributed by atoms with E-state index in [1.54, 1.807) is 62.4 Å². The summed E-state index contributed by atoms with van der Waals surface area (Å²) in [4.78, 5) is 38.9. The molecule has 0 saturated carbocycles. The molecule has 3 rings (SSSR count). The Hall–Kier alpha value is -3.52. The Bertz CT molecular complexity index is 1050. The molecule has 3 N–H and O–H groups in total. The van der Waals surface area contributed by atoms with E-state index < -0.39 is 18.0 Å². The maximum absolute atomic E-state index is 12.6. The van der Waals surface area contributed by atoms with E-state index in [0.29, 0.717) is 39.8 Å². The van der Waals surface area contributed by atoms with Crippen molar-refractivity contribution in [2.24, 2.45) is 0 Å². The van der Waals surface area contributed by atoms with Gasteiger partial charge in [0, 0.05) is 28.6 Å². The minimum absolute atomic E-state index is 0.229. The van der Waals surface area contributed by atoms with Crippen LogP contribution in [0.3, 0.4) is 0 Å². The van der Waals surface area contributed by atoms with Crippen molar-refractivity contribution < 1.29 is 19.1 Å². The Morgan fingerprint density at radius 2 is 1.78 bits per heavy atom. The molecular weight excluding hydrogens is 432 g/mol. The van der Waals surface area contributed by atoms with Gasteiger partial charge in [0.15, 0.2) is 0 Å². The Kier molecular flexibility index (Phi) is 7.37. The van der Waals surface area contributed by atoms with Gasteiger partial charge in [0.2, 0.25) is 0 Å². The van der Waals surface area contributed by atoms with Gasteiger partial charge in [0.05, 0.1) is 18.2 Å². The van der Waals surface area contributed by atoms with Gasteiger partial charge in [-0.15, -0.1) is 0 Å². The number of urea groups is 2. The fourth-order valence-corrected chi connectivity index (χ4v) is 3.69. The molecule has 2 aromatic rings. The van der Waals surface area contributed by atoms with Crippen LogP contribution in [0.5, 0.6) is 0 Å². The number of hydrogen-bond acceptors (Lipinski definition) is 4. The molecule has 0 saturated heterocycles. The van der Waals surface area contributed by atoms with E-state index in [-0.39, 0.29) is 12.6 Å². The average molecular weight is 457 g/mol. The lowest BCUT2D eigenvalue weighted by molar-refractivity contribution is -0.139. The number of anilines is 2. The molecule has 0 bridgehead atoms. The predicted octanol–water partition coefficient (Wildman–Crippen LogP) is 4.91. The van der Waals surface area contributed by atoms with Crippen molar-refractivity contribution in [1.29, 1.82) is 0 Å². The van der Waals surface area contributed by atoms with Crippen molar-refractivity contribution >= 4 is 41.0 Å². The summed E-state index contributed by atoms with van der Waals surface area (Å²) >= 11 is 5.93. The van der Waals surface area contributed by atoms with E-state index >= 15 is 0 Å². The lowest BCUT2D eigenvalue weighted by Crippen LogP contribution is -2.47. The highest BCUT2D eigenvalue weighted by molar-refractivity contribution is 6.30. The molecule has 0 fully saturated rings. The van der Waals surface area contributed by atoms with Gasteiger partial charge in [-0.2, -0.15) is 0 Å². The molecule has 8 nitrogen and oxygen atoms in total. The standard InChI is InChI=1S/C23H25ClN4O4/c1-4-28-14(3)19(21(29)32-5-2)20(27-23(28)31)15-9-11-17(12-10-15)25-22(30)26-18-8-6-7-16(24)13-18/h6-13,20H,4-5H2,1-3H3,(H,27,31)(H2,25,26,30). The van der Waals surface area contributed by atoms with Crippen molar-refractivity contribution in [3.8, 4) is 0 Å². The molecule has 4 amide bonds. The van der Waals surface area contributed by atoms with Crippen molar-refractivity contribution in [2.45, 2.75) is 26.8 Å². The number of allylic oxidation sites excluding steroid dienone is 1. The highest BCUT2D eigenvalue weighted by atomic mass is 35.5. The van der Waals surface area contributed by atoms with Crippen molar-refractivity contribution in [3.05, 3.63) is 70.4 Å². The highest BCUT2D eigenvalue weighted by Gasteiger charge is 2.35. The third-order valence-electron chi connectivity index (χ3n) is 4.99. The molecule has 32 heavy (non-hydrogen) atoms. The number of carbonyl (C=O) groups excluding carboxylic acids is 3. The summed E-state index contributed by atoms with van der Waals surface area (Å²) in [6.45, 7) is 5.96. The fourth-order valence-electron chi connectivity index (χ4n) is 3.50. The number of nitrogens with zero attached hydrogens (tertiary/aromatic N) is 1. The molecule has 2 aromatic carbocycles. The molecule has 0 aliphatic carbocycles. The fraction of sp³-hybridized carbons (Fsp3) is 0.261. The molecular formula is C23H25ClN4O4. The van der Waals surface area contributed by atoms with E-state index in [1.807, 2.05) is 6.92 Å². The van der Waals surface area contributed by atoms with Gasteiger partial charge < -0.3 is 20.7 Å². The first-order valence-corrected chi connectivity index (χ1v) is 10.6. The summed E-state index contributed by atoms with van der Waals surface area (Å²) in [5.74, 6) is -0.475. The number of hydrogen-bond donors (Lipinski definition) is 3. The molecule has 1 heterocycles. The number of amides is 4. The van der Waals surface area contributed by atoms with Crippen molar-refractivity contribution in [2.75, 3.05) is 23.8 Å². The summed E-state index contributed by atoms with van der Waals surface area (Å²) in [5.41, 5.74) is 2.74. The second-order valence-corrected chi connectivity index (χ2v) is 7.49. The Balaban J connectivity index is 1.78. The second kappa shape index (κ2) is 10.2. The van der Waals surface area contributed by atoms with Crippen LogP contribution in [0.4, 0.5) is 21.0 Å². The number of nitrogens with one attached hydrogen (secondary N) is 3. The Labute approximate surface area is 191 Å². The van der Waals surface area contributed by atoms with Gasteiger partial charge in [0.25, 0.3) is 0 Å². The maximum atomic E-state index is 12.6. The number of ether oxygens (including phenoxy) is 1. The first-order valence-electron chi connectivity index (χ1n) is 10.2. The highest BCUT2D eigenvalue weighted by Crippen LogP contribution is 2.31. The third-order valence-corrected chi connectivity index (χ3v) is 5.23. The summed E-state index contributed by atoms with van der Waals surface area (Å²) in [5, 5.41) is 8.82. The van der Waals surface area contributed by atoms with Gasteiger partial charge in [-0.1, -0.05) is 29.8 Å². The lowest BCUT2D eigenvalue weighted by atomic mass is 9.94. The van der Waals surface area contributed by atoms with Crippen molar-refractivity contribution in [3.63, 3.8) is 0 Å². The molecule has 1 unspecified atom stereocenters. The molecule has 168 valence electrons. The zero-order chi connectivity index (χ0) is 23.3. The minimum atomic E-state index is -0.654. The van der Waals surface area contributed by atoms with Crippen LogP contribution in [-0.4, -0.2) is 36.1 Å². The van der Waals surface area contributed by atoms with Gasteiger partial charge >= 0.3 is 18.0 Å². The zero-order valence-corrected chi connectivity index (χ0v) is 18.8. The summed E-state index contributed by atoms with van der Waals surface area (Å²) in [6, 6.07) is 12.3. The van der Waals surface area contributed by atoms with Gasteiger partial charge in [-0.3, -0.25) is 4.90 Å². The van der Waals surface area contributed by atoms with Gasteiger partial charge in [-0.05, 0) is 56.7 Å². The van der Waals surface area contributed by atoms with Gasteiger partial charge in [0.1, 0.15) is 0 Å². The topological polar surface area (TPSA) is 99.8 Å².